The molecule has 0 bridgehead atoms. The second-order valence-electron chi connectivity index (χ2n) is 5.28. The van der Waals surface area contributed by atoms with Crippen LogP contribution in [0.4, 0.5) is 5.69 Å². The van der Waals surface area contributed by atoms with Gasteiger partial charge in [0.05, 0.1) is 25.4 Å². The molecule has 1 aliphatic rings. The summed E-state index contributed by atoms with van der Waals surface area (Å²) in [5.74, 6) is 0.575. The number of rotatable bonds is 4. The van der Waals surface area contributed by atoms with Crippen molar-refractivity contribution in [2.75, 3.05) is 32.1 Å². The number of aryl methyl sites for hydroxylation is 1. The van der Waals surface area contributed by atoms with Gasteiger partial charge >= 0.3 is 0 Å². The number of nitrogens with one attached hydrogen (secondary N) is 1. The Bertz CT molecular complexity index is 476. The third kappa shape index (κ3) is 3.95. The number of piperidine rings is 1. The van der Waals surface area contributed by atoms with Crippen molar-refractivity contribution in [1.29, 1.82) is 0 Å². The zero-order valence-electron chi connectivity index (χ0n) is 12.1. The molecule has 1 amide bonds. The van der Waals surface area contributed by atoms with Crippen LogP contribution in [0.25, 0.3) is 0 Å². The number of hydrogen-bond donors (Lipinski definition) is 2. The number of aliphatic hydroxyl groups is 1. The Morgan fingerprint density at radius 2 is 2.35 bits per heavy atom. The zero-order chi connectivity index (χ0) is 14.5. The molecule has 2 rings (SSSR count). The lowest BCUT2D eigenvalue weighted by atomic mass is 10.1. The van der Waals surface area contributed by atoms with Crippen LogP contribution in [0.5, 0.6) is 5.75 Å². The van der Waals surface area contributed by atoms with Crippen LogP contribution in [0.2, 0.25) is 0 Å². The maximum Gasteiger partial charge on any atom is 0.238 e. The van der Waals surface area contributed by atoms with Gasteiger partial charge in [0.25, 0.3) is 0 Å². The number of ether oxygens (including phenoxy) is 1. The van der Waals surface area contributed by atoms with Crippen molar-refractivity contribution in [3.8, 4) is 5.75 Å². The number of benzene rings is 1. The van der Waals surface area contributed by atoms with Crippen molar-refractivity contribution >= 4 is 11.6 Å². The molecule has 0 spiro atoms. The monoisotopic (exact) mass is 278 g/mol. The fraction of sp³-hybridized carbons (Fsp3) is 0.533. The smallest absolute Gasteiger partial charge is 0.238 e. The standard InChI is InChI=1S/C15H22N2O3/c1-11-5-6-14(20-2)13(8-11)16-15(19)10-17-7-3-4-12(18)9-17/h5-6,8,12,18H,3-4,7,9-10H2,1-2H3,(H,16,19)/t12-/m0/s1. The fourth-order valence-corrected chi connectivity index (χ4v) is 2.49. The number of amides is 1. The van der Waals surface area contributed by atoms with E-state index in [1.807, 2.05) is 30.0 Å². The molecule has 5 heteroatoms. The van der Waals surface area contributed by atoms with E-state index in [1.165, 1.54) is 0 Å². The van der Waals surface area contributed by atoms with Crippen LogP contribution < -0.4 is 10.1 Å². The van der Waals surface area contributed by atoms with Gasteiger partial charge in [-0.25, -0.2) is 0 Å². The molecule has 1 aliphatic heterocycles. The first-order valence-corrected chi connectivity index (χ1v) is 6.93. The van der Waals surface area contributed by atoms with Gasteiger partial charge in [0.2, 0.25) is 5.91 Å². The number of carbonyl (C=O) groups is 1. The van der Waals surface area contributed by atoms with Gasteiger partial charge in [-0.3, -0.25) is 9.69 Å². The number of β-amino-alcohol motifs (C(OH)–C–C–N with tert-alkyl or cyclic N) is 1. The third-order valence-corrected chi connectivity index (χ3v) is 3.48. The molecule has 1 aromatic carbocycles. The second kappa shape index (κ2) is 6.72. The Morgan fingerprint density at radius 1 is 1.55 bits per heavy atom. The van der Waals surface area contributed by atoms with Gasteiger partial charge in [0.1, 0.15) is 5.75 Å². The highest BCUT2D eigenvalue weighted by Crippen LogP contribution is 2.25. The van der Waals surface area contributed by atoms with Gasteiger partial charge in [-0.2, -0.15) is 0 Å². The summed E-state index contributed by atoms with van der Waals surface area (Å²) < 4.78 is 5.24. The third-order valence-electron chi connectivity index (χ3n) is 3.48. The summed E-state index contributed by atoms with van der Waals surface area (Å²) in [5, 5.41) is 12.5. The Hall–Kier alpha value is -1.59. The minimum Gasteiger partial charge on any atom is -0.495 e. The van der Waals surface area contributed by atoms with Crippen molar-refractivity contribution in [1.82, 2.24) is 4.90 Å². The van der Waals surface area contributed by atoms with Crippen LogP contribution in [0.15, 0.2) is 18.2 Å². The van der Waals surface area contributed by atoms with Gasteiger partial charge in [0.15, 0.2) is 0 Å². The topological polar surface area (TPSA) is 61.8 Å². The van der Waals surface area contributed by atoms with Crippen molar-refractivity contribution in [3.05, 3.63) is 23.8 Å². The highest BCUT2D eigenvalue weighted by atomic mass is 16.5. The average Bonchev–Trinajstić information content (AvgIpc) is 2.38. The molecule has 1 aromatic rings. The van der Waals surface area contributed by atoms with E-state index in [1.54, 1.807) is 7.11 Å². The lowest BCUT2D eigenvalue weighted by molar-refractivity contribution is -0.118. The van der Waals surface area contributed by atoms with Crippen LogP contribution >= 0.6 is 0 Å². The first-order valence-electron chi connectivity index (χ1n) is 6.93. The number of anilines is 1. The Labute approximate surface area is 119 Å². The summed E-state index contributed by atoms with van der Waals surface area (Å²) in [4.78, 5) is 14.1. The summed E-state index contributed by atoms with van der Waals surface area (Å²) in [6, 6.07) is 5.67. The Kier molecular flexibility index (Phi) is 4.98. The van der Waals surface area contributed by atoms with Crippen molar-refractivity contribution in [3.63, 3.8) is 0 Å². The summed E-state index contributed by atoms with van der Waals surface area (Å²) in [7, 11) is 1.58. The zero-order valence-corrected chi connectivity index (χ0v) is 12.1. The highest BCUT2D eigenvalue weighted by molar-refractivity contribution is 5.93. The maximum atomic E-state index is 12.1. The van der Waals surface area contributed by atoms with E-state index in [2.05, 4.69) is 5.32 Å². The summed E-state index contributed by atoms with van der Waals surface area (Å²) in [6.45, 7) is 3.69. The van der Waals surface area contributed by atoms with E-state index >= 15 is 0 Å². The molecule has 20 heavy (non-hydrogen) atoms. The highest BCUT2D eigenvalue weighted by Gasteiger charge is 2.20. The van der Waals surface area contributed by atoms with Crippen LogP contribution in [0, 0.1) is 6.92 Å². The van der Waals surface area contributed by atoms with E-state index in [9.17, 15) is 9.90 Å². The van der Waals surface area contributed by atoms with Gasteiger partial charge < -0.3 is 15.2 Å². The van der Waals surface area contributed by atoms with Crippen LogP contribution in [-0.4, -0.2) is 48.8 Å². The van der Waals surface area contributed by atoms with Crippen LogP contribution in [0.3, 0.4) is 0 Å². The number of nitrogens with zero attached hydrogens (tertiary/aromatic N) is 1. The van der Waals surface area contributed by atoms with Gasteiger partial charge in [-0.05, 0) is 44.0 Å². The van der Waals surface area contributed by atoms with E-state index in [-0.39, 0.29) is 12.0 Å². The number of carbonyl (C=O) groups excluding carboxylic acids is 1. The van der Waals surface area contributed by atoms with Crippen LogP contribution in [-0.2, 0) is 4.79 Å². The largest absolute Gasteiger partial charge is 0.495 e. The predicted molar refractivity (Wildman–Crippen MR) is 78.0 cm³/mol. The molecule has 2 N–H and O–H groups in total. The maximum absolute atomic E-state index is 12.1. The molecule has 0 saturated carbocycles. The lowest BCUT2D eigenvalue weighted by Crippen LogP contribution is -2.42. The molecule has 1 atom stereocenters. The number of aliphatic hydroxyl groups excluding tert-OH is 1. The predicted octanol–water partition coefficient (Wildman–Crippen LogP) is 1.40. The SMILES string of the molecule is COc1ccc(C)cc1NC(=O)CN1CCC[C@H](O)C1. The Morgan fingerprint density at radius 3 is 3.05 bits per heavy atom. The Balaban J connectivity index is 1.95. The molecule has 0 unspecified atom stereocenters. The molecule has 110 valence electrons. The first-order chi connectivity index (χ1) is 9.58. The summed E-state index contributed by atoms with van der Waals surface area (Å²) >= 11 is 0. The molecular formula is C15H22N2O3. The van der Waals surface area contributed by atoms with Crippen molar-refractivity contribution in [2.45, 2.75) is 25.9 Å². The van der Waals surface area contributed by atoms with Crippen molar-refractivity contribution < 1.29 is 14.6 Å². The molecule has 1 fully saturated rings. The van der Waals surface area contributed by atoms with E-state index in [0.29, 0.717) is 24.5 Å². The molecular weight excluding hydrogens is 256 g/mol. The van der Waals surface area contributed by atoms with E-state index < -0.39 is 0 Å². The molecule has 5 nitrogen and oxygen atoms in total. The quantitative estimate of drug-likeness (QED) is 0.874. The minimum absolute atomic E-state index is 0.0806. The number of hydrogen-bond acceptors (Lipinski definition) is 4. The van der Waals surface area contributed by atoms with Gasteiger partial charge in [-0.15, -0.1) is 0 Å². The normalized spacial score (nSPS) is 19.6. The minimum atomic E-state index is -0.315. The van der Waals surface area contributed by atoms with Crippen molar-refractivity contribution in [2.24, 2.45) is 0 Å². The van der Waals surface area contributed by atoms with E-state index in [4.69, 9.17) is 4.74 Å². The molecule has 0 radical (unpaired) electrons. The number of likely N-dealkylation sites (tertiary alicyclic amines) is 1. The molecule has 0 aromatic heterocycles. The fourth-order valence-electron chi connectivity index (χ4n) is 2.49. The summed E-state index contributed by atoms with van der Waals surface area (Å²) in [5.41, 5.74) is 1.75. The van der Waals surface area contributed by atoms with E-state index in [0.717, 1.165) is 24.9 Å². The lowest BCUT2D eigenvalue weighted by Gasteiger charge is -2.29. The summed E-state index contributed by atoms with van der Waals surface area (Å²) in [6.07, 6.45) is 1.44. The molecule has 1 saturated heterocycles. The van der Waals surface area contributed by atoms with Gasteiger partial charge in [-0.1, -0.05) is 6.07 Å². The molecule has 0 aliphatic carbocycles. The second-order valence-corrected chi connectivity index (χ2v) is 5.28. The average molecular weight is 278 g/mol. The number of methoxy groups -OCH3 is 1. The first kappa shape index (κ1) is 14.8. The molecule has 1 heterocycles. The van der Waals surface area contributed by atoms with Gasteiger partial charge in [0, 0.05) is 6.54 Å². The van der Waals surface area contributed by atoms with Crippen LogP contribution in [0.1, 0.15) is 18.4 Å².